The van der Waals surface area contributed by atoms with Crippen molar-refractivity contribution in [3.63, 3.8) is 0 Å². The highest BCUT2D eigenvalue weighted by Gasteiger charge is 2.70. The fourth-order valence-electron chi connectivity index (χ4n) is 8.03. The highest BCUT2D eigenvalue weighted by atomic mass is 16.5. The molecule has 3 aliphatic carbocycles. The minimum Gasteiger partial charge on any atom is -0.504 e. The Balaban J connectivity index is 1.36. The predicted octanol–water partition coefficient (Wildman–Crippen LogP) is 0.792. The number of nitrogens with two attached hydrogens (primary N) is 2. The van der Waals surface area contributed by atoms with E-state index in [4.69, 9.17) is 20.9 Å². The lowest BCUT2D eigenvalue weighted by Gasteiger charge is -2.63. The second-order valence-corrected chi connectivity index (χ2v) is 12.1. The van der Waals surface area contributed by atoms with E-state index in [1.807, 2.05) is 0 Å². The number of primary amides is 1. The van der Waals surface area contributed by atoms with Crippen LogP contribution in [-0.4, -0.2) is 72.9 Å². The molecule has 2 bridgehead atoms. The van der Waals surface area contributed by atoms with E-state index in [0.717, 1.165) is 38.3 Å². The smallest absolute Gasteiger partial charge is 0.237 e. The number of aromatic hydroxyl groups is 1. The number of nitrogens with zero attached hydrogens (tertiary/aromatic N) is 1. The number of hydrogen-bond acceptors (Lipinski definition) is 7. The molecule has 9 heteroatoms. The van der Waals surface area contributed by atoms with Gasteiger partial charge in [0.1, 0.15) is 12.2 Å². The summed E-state index contributed by atoms with van der Waals surface area (Å²) in [4.78, 5) is 26.6. The zero-order valence-corrected chi connectivity index (χ0v) is 21.2. The number of phenolic OH excluding ortho intramolecular Hbond substituents is 1. The molecule has 196 valence electrons. The van der Waals surface area contributed by atoms with E-state index in [1.54, 1.807) is 13.2 Å². The van der Waals surface area contributed by atoms with E-state index in [1.165, 1.54) is 24.0 Å². The van der Waals surface area contributed by atoms with Crippen LogP contribution in [0.2, 0.25) is 0 Å². The number of carbonyl (C=O) groups excluding carboxylic acids is 2. The molecule has 36 heavy (non-hydrogen) atoms. The van der Waals surface area contributed by atoms with Crippen LogP contribution in [0.3, 0.4) is 0 Å². The van der Waals surface area contributed by atoms with Crippen molar-refractivity contribution in [3.05, 3.63) is 23.3 Å². The molecular weight excluding hydrogens is 460 g/mol. The zero-order valence-electron chi connectivity index (χ0n) is 21.2. The first-order chi connectivity index (χ1) is 17.2. The normalized spacial score (nSPS) is 37.1. The molecule has 2 amide bonds. The highest BCUT2D eigenvalue weighted by molar-refractivity contribution is 5.87. The van der Waals surface area contributed by atoms with Gasteiger partial charge in [0.2, 0.25) is 11.8 Å². The number of methoxy groups -OCH3 is 1. The number of phenols is 1. The Morgan fingerprint density at radius 2 is 2.14 bits per heavy atom. The third kappa shape index (κ3) is 3.46. The summed E-state index contributed by atoms with van der Waals surface area (Å²) in [5.41, 5.74) is 13.0. The summed E-state index contributed by atoms with van der Waals surface area (Å²) in [6.45, 7) is 4.68. The van der Waals surface area contributed by atoms with Crippen molar-refractivity contribution < 1.29 is 24.2 Å². The van der Waals surface area contributed by atoms with Crippen molar-refractivity contribution >= 4 is 11.8 Å². The Labute approximate surface area is 211 Å². The van der Waals surface area contributed by atoms with E-state index < -0.39 is 17.4 Å². The molecule has 0 radical (unpaired) electrons. The van der Waals surface area contributed by atoms with Crippen LogP contribution in [0.1, 0.15) is 50.2 Å². The number of ether oxygens (including phenoxy) is 2. The van der Waals surface area contributed by atoms with Crippen LogP contribution >= 0.6 is 0 Å². The Morgan fingerprint density at radius 3 is 2.83 bits per heavy atom. The largest absolute Gasteiger partial charge is 0.504 e. The number of piperidine rings is 1. The van der Waals surface area contributed by atoms with Gasteiger partial charge >= 0.3 is 0 Å². The number of rotatable bonds is 8. The maximum absolute atomic E-state index is 12.7. The molecule has 0 aromatic heterocycles. The van der Waals surface area contributed by atoms with Crippen LogP contribution in [0.4, 0.5) is 0 Å². The molecule has 3 unspecified atom stereocenters. The van der Waals surface area contributed by atoms with E-state index in [-0.39, 0.29) is 35.7 Å². The maximum Gasteiger partial charge on any atom is 0.237 e. The Morgan fingerprint density at radius 1 is 1.36 bits per heavy atom. The van der Waals surface area contributed by atoms with E-state index in [2.05, 4.69) is 23.2 Å². The van der Waals surface area contributed by atoms with Crippen molar-refractivity contribution in [2.75, 3.05) is 26.7 Å². The third-order valence-corrected chi connectivity index (χ3v) is 9.79. The molecule has 7 atom stereocenters. The summed E-state index contributed by atoms with van der Waals surface area (Å²) >= 11 is 0. The maximum atomic E-state index is 12.7. The number of carbonyl (C=O) groups is 2. The molecule has 1 spiro atoms. The van der Waals surface area contributed by atoms with Crippen molar-refractivity contribution in [1.29, 1.82) is 0 Å². The van der Waals surface area contributed by atoms with Gasteiger partial charge in [0.15, 0.2) is 11.5 Å². The number of nitrogens with one attached hydrogen (secondary N) is 1. The van der Waals surface area contributed by atoms with Gasteiger partial charge < -0.3 is 31.4 Å². The van der Waals surface area contributed by atoms with Crippen molar-refractivity contribution in [2.45, 2.75) is 75.2 Å². The van der Waals surface area contributed by atoms with Gasteiger partial charge in [-0.25, -0.2) is 0 Å². The van der Waals surface area contributed by atoms with Crippen molar-refractivity contribution in [1.82, 2.24) is 10.2 Å². The van der Waals surface area contributed by atoms with Crippen LogP contribution < -0.4 is 21.5 Å². The Hall–Kier alpha value is -2.36. The summed E-state index contributed by atoms with van der Waals surface area (Å²) in [5.74, 6) is 0.946. The fourth-order valence-corrected chi connectivity index (χ4v) is 8.03. The van der Waals surface area contributed by atoms with Crippen molar-refractivity contribution in [3.8, 4) is 11.5 Å². The zero-order chi connectivity index (χ0) is 25.4. The molecule has 1 aromatic rings. The molecular formula is C27H38N4O5. The quantitative estimate of drug-likeness (QED) is 0.415. The predicted molar refractivity (Wildman–Crippen MR) is 132 cm³/mol. The molecule has 5 aliphatic rings. The van der Waals surface area contributed by atoms with Crippen LogP contribution in [0.5, 0.6) is 11.5 Å². The van der Waals surface area contributed by atoms with Gasteiger partial charge in [-0.1, -0.05) is 13.0 Å². The van der Waals surface area contributed by atoms with Gasteiger partial charge in [-0.3, -0.25) is 14.5 Å². The minimum absolute atomic E-state index is 0.191. The molecule has 9 nitrogen and oxygen atoms in total. The summed E-state index contributed by atoms with van der Waals surface area (Å²) in [5, 5.41) is 13.8. The minimum atomic E-state index is -0.975. The average molecular weight is 499 g/mol. The van der Waals surface area contributed by atoms with Gasteiger partial charge in [0.05, 0.1) is 12.5 Å². The summed E-state index contributed by atoms with van der Waals surface area (Å²) in [7, 11) is 1.70. The molecule has 2 saturated carbocycles. The molecule has 1 saturated heterocycles. The molecule has 2 heterocycles. The number of hydrogen-bond donors (Lipinski definition) is 4. The lowest BCUT2D eigenvalue weighted by molar-refractivity contribution is -0.172. The summed E-state index contributed by atoms with van der Waals surface area (Å²) < 4.78 is 12.8. The fraction of sp³-hybridized carbons (Fsp3) is 0.704. The van der Waals surface area contributed by atoms with E-state index >= 15 is 0 Å². The van der Waals surface area contributed by atoms with E-state index in [9.17, 15) is 14.7 Å². The van der Waals surface area contributed by atoms with Gasteiger partial charge in [-0.2, -0.15) is 0 Å². The monoisotopic (exact) mass is 498 g/mol. The highest BCUT2D eigenvalue weighted by Crippen LogP contribution is 2.66. The lowest BCUT2D eigenvalue weighted by Crippen LogP contribution is -2.72. The Kier molecular flexibility index (Phi) is 5.55. The first-order valence-corrected chi connectivity index (χ1v) is 13.3. The first-order valence-electron chi connectivity index (χ1n) is 13.3. The van der Waals surface area contributed by atoms with Gasteiger partial charge in [0, 0.05) is 42.6 Å². The third-order valence-electron chi connectivity index (χ3n) is 9.79. The van der Waals surface area contributed by atoms with Crippen LogP contribution in [0.25, 0.3) is 0 Å². The lowest BCUT2D eigenvalue weighted by atomic mass is 9.47. The van der Waals surface area contributed by atoms with Crippen molar-refractivity contribution in [2.24, 2.45) is 28.7 Å². The van der Waals surface area contributed by atoms with Crippen LogP contribution in [-0.2, 0) is 26.2 Å². The standard InChI is InChI=1S/C27H38N4O5/c1-26(13-30-25(34)17(28)10-20(29)33)11-16-18-9-15-5-6-19(32)22-21(15)27(16,24(36-22)23(26)35-2)7-8-31(18)12-14-3-4-14/h5-6,14,16-18,23-24,32H,3-4,7-13,28H2,1-2H3,(H2,29,33)(H,30,34)/t16?,17-,18+,23?,24-,26-,27?/m0/s1. The second kappa shape index (κ2) is 8.33. The first kappa shape index (κ1) is 24.0. The number of likely N-dealkylation sites (tertiary alicyclic amines) is 1. The van der Waals surface area contributed by atoms with E-state index in [0.29, 0.717) is 24.3 Å². The summed E-state index contributed by atoms with van der Waals surface area (Å²) in [6, 6.07) is 3.27. The van der Waals surface area contributed by atoms with Gasteiger partial charge in [0.25, 0.3) is 0 Å². The molecule has 2 aliphatic heterocycles. The molecule has 1 aromatic carbocycles. The van der Waals surface area contributed by atoms with Gasteiger partial charge in [-0.15, -0.1) is 0 Å². The SMILES string of the molecule is COC1[C@@H]2Oc3c(O)ccc4c3C23CCN(CC2CC2)[C@H](C4)C3C[C@@]1(C)CNC(=O)[C@@H](N)CC(N)=O. The topological polar surface area (TPSA) is 140 Å². The molecule has 3 fully saturated rings. The molecule has 6 rings (SSSR count). The molecule has 6 N–H and O–H groups in total. The Bertz CT molecular complexity index is 1090. The average Bonchev–Trinajstić information content (AvgIpc) is 3.58. The van der Waals surface area contributed by atoms with Crippen LogP contribution in [0.15, 0.2) is 12.1 Å². The van der Waals surface area contributed by atoms with Crippen LogP contribution in [0, 0.1) is 17.3 Å². The second-order valence-electron chi connectivity index (χ2n) is 12.1. The number of benzene rings is 1. The van der Waals surface area contributed by atoms with Gasteiger partial charge in [-0.05, 0) is 62.1 Å². The number of amides is 2. The summed E-state index contributed by atoms with van der Waals surface area (Å²) in [6.07, 6.45) is 4.67.